The van der Waals surface area contributed by atoms with Crippen molar-refractivity contribution in [3.63, 3.8) is 0 Å². The molecule has 0 aromatic heterocycles. The number of hydrogen-bond acceptors (Lipinski definition) is 0. The summed E-state index contributed by atoms with van der Waals surface area (Å²) < 4.78 is 0. The molecule has 0 amide bonds. The van der Waals surface area contributed by atoms with E-state index in [1.165, 1.54) is 0 Å². The third kappa shape index (κ3) is 9.24. The first kappa shape index (κ1) is 14.7. The summed E-state index contributed by atoms with van der Waals surface area (Å²) in [6.07, 6.45) is 0. The van der Waals surface area contributed by atoms with Crippen LogP contribution in [0.15, 0.2) is 91.0 Å². The van der Waals surface area contributed by atoms with Crippen molar-refractivity contribution in [2.24, 2.45) is 0 Å². The summed E-state index contributed by atoms with van der Waals surface area (Å²) in [5, 5.41) is 0. The Morgan fingerprint density at radius 2 is 0.562 bits per heavy atom. The van der Waals surface area contributed by atoms with Crippen LogP contribution < -0.4 is 0 Å². The first-order valence-corrected chi connectivity index (χ1v) is 5.00. The average molecular weight is 296 g/mol. The van der Waals surface area contributed by atoms with E-state index in [4.69, 9.17) is 0 Å². The molecule has 0 unspecified atom stereocenters. The fraction of sp³-hybridized carbons (Fsp3) is 0. The standard InChI is InChI=1S/3C5H5.Ru/c3*1-2-4-5-3-1;/h3*1-5H;/q3*-1;+3. The maximum absolute atomic E-state index is 2.00. The summed E-state index contributed by atoms with van der Waals surface area (Å²) in [6, 6.07) is 30.0. The Morgan fingerprint density at radius 1 is 0.375 bits per heavy atom. The molecule has 3 aromatic carbocycles. The third-order valence-electron chi connectivity index (χ3n) is 1.67. The van der Waals surface area contributed by atoms with Crippen molar-refractivity contribution in [3.8, 4) is 0 Å². The van der Waals surface area contributed by atoms with Gasteiger partial charge in [-0.15, -0.1) is 0 Å². The third-order valence-corrected chi connectivity index (χ3v) is 1.67. The van der Waals surface area contributed by atoms with Gasteiger partial charge in [-0.2, -0.15) is 54.6 Å². The van der Waals surface area contributed by atoms with E-state index in [-0.39, 0.29) is 19.5 Å². The van der Waals surface area contributed by atoms with Gasteiger partial charge in [-0.05, 0) is 0 Å². The van der Waals surface area contributed by atoms with Gasteiger partial charge in [0.25, 0.3) is 0 Å². The van der Waals surface area contributed by atoms with Crippen molar-refractivity contribution in [2.45, 2.75) is 0 Å². The monoisotopic (exact) mass is 297 g/mol. The zero-order valence-corrected chi connectivity index (χ0v) is 10.8. The Morgan fingerprint density at radius 3 is 0.625 bits per heavy atom. The van der Waals surface area contributed by atoms with Gasteiger partial charge in [0.1, 0.15) is 0 Å². The topological polar surface area (TPSA) is 0 Å². The average Bonchev–Trinajstić information content (AvgIpc) is 3.09. The van der Waals surface area contributed by atoms with Crippen LogP contribution in [0.25, 0.3) is 0 Å². The van der Waals surface area contributed by atoms with E-state index in [1.807, 2.05) is 91.0 Å². The second-order valence-electron chi connectivity index (χ2n) is 2.89. The van der Waals surface area contributed by atoms with Crippen LogP contribution in [-0.2, 0) is 19.5 Å². The maximum Gasteiger partial charge on any atom is 3.00 e. The fourth-order valence-electron chi connectivity index (χ4n) is 0.962. The number of rotatable bonds is 0. The first-order chi connectivity index (χ1) is 7.50. The van der Waals surface area contributed by atoms with Crippen LogP contribution in [0.1, 0.15) is 0 Å². The van der Waals surface area contributed by atoms with Gasteiger partial charge in [-0.3, -0.25) is 0 Å². The van der Waals surface area contributed by atoms with Crippen molar-refractivity contribution >= 4 is 0 Å². The smallest absolute Gasteiger partial charge is 0.214 e. The van der Waals surface area contributed by atoms with Crippen LogP contribution in [-0.4, -0.2) is 0 Å². The quantitative estimate of drug-likeness (QED) is 0.430. The molecule has 1 radical (unpaired) electrons. The molecule has 0 spiro atoms. The summed E-state index contributed by atoms with van der Waals surface area (Å²) in [5.74, 6) is 0. The Hall–Kier alpha value is -1.33. The largest absolute Gasteiger partial charge is 3.00 e. The Labute approximate surface area is 110 Å². The second kappa shape index (κ2) is 11.7. The van der Waals surface area contributed by atoms with Crippen LogP contribution in [0.3, 0.4) is 0 Å². The second-order valence-corrected chi connectivity index (χ2v) is 2.89. The predicted octanol–water partition coefficient (Wildman–Crippen LogP) is 4.21. The van der Waals surface area contributed by atoms with Gasteiger partial charge in [0.2, 0.25) is 0 Å². The van der Waals surface area contributed by atoms with E-state index in [9.17, 15) is 0 Å². The minimum atomic E-state index is 0. The normalized spacial score (nSPS) is 7.50. The van der Waals surface area contributed by atoms with Gasteiger partial charge in [0, 0.05) is 0 Å². The molecule has 0 atom stereocenters. The molecule has 0 aliphatic rings. The predicted molar refractivity (Wildman–Crippen MR) is 66.1 cm³/mol. The van der Waals surface area contributed by atoms with Crippen LogP contribution in [0.5, 0.6) is 0 Å². The molecule has 0 aliphatic heterocycles. The fourth-order valence-corrected chi connectivity index (χ4v) is 0.962. The molecule has 0 nitrogen and oxygen atoms in total. The van der Waals surface area contributed by atoms with Crippen molar-refractivity contribution < 1.29 is 19.5 Å². The van der Waals surface area contributed by atoms with Gasteiger partial charge in [-0.25, -0.2) is 36.4 Å². The molecule has 83 valence electrons. The molecule has 0 fully saturated rings. The summed E-state index contributed by atoms with van der Waals surface area (Å²) in [4.78, 5) is 0. The van der Waals surface area contributed by atoms with Crippen molar-refractivity contribution in [1.29, 1.82) is 0 Å². The Balaban J connectivity index is 0.000000205. The van der Waals surface area contributed by atoms with Crippen molar-refractivity contribution in [1.82, 2.24) is 0 Å². The zero-order valence-electron chi connectivity index (χ0n) is 9.01. The van der Waals surface area contributed by atoms with E-state index >= 15 is 0 Å². The van der Waals surface area contributed by atoms with Crippen LogP contribution in [0.2, 0.25) is 0 Å². The molecule has 0 saturated heterocycles. The summed E-state index contributed by atoms with van der Waals surface area (Å²) in [7, 11) is 0. The molecule has 0 heterocycles. The maximum atomic E-state index is 2.00. The van der Waals surface area contributed by atoms with Crippen LogP contribution in [0, 0.1) is 0 Å². The van der Waals surface area contributed by atoms with Gasteiger partial charge in [-0.1, -0.05) is 0 Å². The number of hydrogen-bond donors (Lipinski definition) is 0. The van der Waals surface area contributed by atoms with Gasteiger partial charge < -0.3 is 0 Å². The Kier molecular flexibility index (Phi) is 10.8. The Bertz CT molecular complexity index is 237. The van der Waals surface area contributed by atoms with E-state index < -0.39 is 0 Å². The molecule has 0 saturated carbocycles. The molecular formula is C15H15Ru. The molecule has 0 aliphatic carbocycles. The molecule has 0 bridgehead atoms. The summed E-state index contributed by atoms with van der Waals surface area (Å²) in [6.45, 7) is 0. The minimum Gasteiger partial charge on any atom is -0.214 e. The van der Waals surface area contributed by atoms with Crippen molar-refractivity contribution in [3.05, 3.63) is 91.0 Å². The molecular weight excluding hydrogens is 281 g/mol. The van der Waals surface area contributed by atoms with Crippen molar-refractivity contribution in [2.75, 3.05) is 0 Å². The van der Waals surface area contributed by atoms with E-state index in [1.54, 1.807) is 0 Å². The first-order valence-electron chi connectivity index (χ1n) is 5.00. The summed E-state index contributed by atoms with van der Waals surface area (Å²) >= 11 is 0. The van der Waals surface area contributed by atoms with Gasteiger partial charge in [0.05, 0.1) is 0 Å². The molecule has 16 heavy (non-hydrogen) atoms. The molecule has 1 heteroatoms. The van der Waals surface area contributed by atoms with Gasteiger partial charge >= 0.3 is 19.5 Å². The van der Waals surface area contributed by atoms with E-state index in [2.05, 4.69) is 0 Å². The van der Waals surface area contributed by atoms with E-state index in [0.29, 0.717) is 0 Å². The zero-order chi connectivity index (χ0) is 10.6. The molecule has 3 aromatic rings. The summed E-state index contributed by atoms with van der Waals surface area (Å²) in [5.41, 5.74) is 0. The SMILES string of the molecule is [Ru+3].c1cc[cH-]c1.c1cc[cH-]c1.c1cc[cH-]c1. The van der Waals surface area contributed by atoms with Gasteiger partial charge in [0.15, 0.2) is 0 Å². The molecule has 3 rings (SSSR count). The van der Waals surface area contributed by atoms with Crippen LogP contribution >= 0.6 is 0 Å². The molecule has 0 N–H and O–H groups in total. The van der Waals surface area contributed by atoms with Crippen LogP contribution in [0.4, 0.5) is 0 Å². The minimum absolute atomic E-state index is 0. The van der Waals surface area contributed by atoms with E-state index in [0.717, 1.165) is 0 Å².